The summed E-state index contributed by atoms with van der Waals surface area (Å²) in [4.78, 5) is 10.6. The molecule has 0 aliphatic carbocycles. The molecule has 0 radical (unpaired) electrons. The lowest BCUT2D eigenvalue weighted by molar-refractivity contribution is -0.140. The van der Waals surface area contributed by atoms with Crippen LogP contribution in [-0.4, -0.2) is 25.5 Å². The zero-order valence-corrected chi connectivity index (χ0v) is 12.9. The van der Waals surface area contributed by atoms with Crippen LogP contribution in [0.5, 0.6) is 0 Å². The molecule has 1 aromatic rings. The van der Waals surface area contributed by atoms with E-state index < -0.39 is 44.6 Å². The number of carbonyl (C=O) groups is 1. The molecule has 2 N–H and O–H groups in total. The summed E-state index contributed by atoms with van der Waals surface area (Å²) < 4.78 is 64.2. The van der Waals surface area contributed by atoms with E-state index in [0.717, 1.165) is 19.1 Å². The van der Waals surface area contributed by atoms with E-state index in [2.05, 4.69) is 0 Å². The highest BCUT2D eigenvalue weighted by molar-refractivity contribution is 7.89. The number of carboxylic acid groups (broad SMARTS) is 1. The van der Waals surface area contributed by atoms with Gasteiger partial charge in [-0.25, -0.2) is 8.42 Å². The van der Waals surface area contributed by atoms with Gasteiger partial charge in [0.15, 0.2) is 0 Å². The van der Waals surface area contributed by atoms with Crippen molar-refractivity contribution in [3.63, 3.8) is 0 Å². The third kappa shape index (κ3) is 4.20. The molecular formula is C13H16F3NO4S. The average Bonchev–Trinajstić information content (AvgIpc) is 2.33. The lowest BCUT2D eigenvalue weighted by Crippen LogP contribution is -2.44. The van der Waals surface area contributed by atoms with Gasteiger partial charge >= 0.3 is 12.1 Å². The van der Waals surface area contributed by atoms with Crippen molar-refractivity contribution in [3.05, 3.63) is 29.3 Å². The predicted octanol–water partition coefficient (Wildman–Crippen LogP) is 2.40. The quantitative estimate of drug-likeness (QED) is 0.863. The Labute approximate surface area is 126 Å². The molecule has 0 aliphatic rings. The minimum absolute atomic E-state index is 0.258. The summed E-state index contributed by atoms with van der Waals surface area (Å²) in [6.07, 6.45) is -4.58. The van der Waals surface area contributed by atoms with Gasteiger partial charge in [0.05, 0.1) is 10.5 Å². The summed E-state index contributed by atoms with van der Waals surface area (Å²) in [5, 5.41) is 8.98. The van der Waals surface area contributed by atoms with E-state index in [1.165, 1.54) is 13.8 Å². The van der Waals surface area contributed by atoms with Crippen molar-refractivity contribution in [1.82, 2.24) is 4.72 Å². The molecule has 124 valence electrons. The summed E-state index contributed by atoms with van der Waals surface area (Å²) >= 11 is 0. The van der Waals surface area contributed by atoms with Gasteiger partial charge in [0.1, 0.15) is 6.04 Å². The van der Waals surface area contributed by atoms with Crippen LogP contribution in [0.3, 0.4) is 0 Å². The zero-order chi connectivity index (χ0) is 17.3. The Kier molecular flexibility index (Phi) is 5.24. The second-order valence-electron chi connectivity index (χ2n) is 5.16. The molecule has 0 spiro atoms. The molecule has 1 aromatic carbocycles. The average molecular weight is 339 g/mol. The minimum Gasteiger partial charge on any atom is -0.480 e. The van der Waals surface area contributed by atoms with Crippen molar-refractivity contribution in [2.75, 3.05) is 0 Å². The van der Waals surface area contributed by atoms with Gasteiger partial charge in [-0.1, -0.05) is 13.8 Å². The topological polar surface area (TPSA) is 83.5 Å². The maximum atomic E-state index is 12.7. The third-order valence-electron chi connectivity index (χ3n) is 3.03. The summed E-state index contributed by atoms with van der Waals surface area (Å²) in [7, 11) is -4.23. The van der Waals surface area contributed by atoms with Crippen LogP contribution in [0, 0.1) is 12.8 Å². The molecule has 0 aromatic heterocycles. The molecule has 22 heavy (non-hydrogen) atoms. The number of aryl methyl sites for hydroxylation is 1. The van der Waals surface area contributed by atoms with Gasteiger partial charge in [0.25, 0.3) is 0 Å². The van der Waals surface area contributed by atoms with Crippen LogP contribution in [0.4, 0.5) is 13.2 Å². The molecule has 5 nitrogen and oxygen atoms in total. The van der Waals surface area contributed by atoms with E-state index in [0.29, 0.717) is 6.07 Å². The lowest BCUT2D eigenvalue weighted by Gasteiger charge is -2.18. The van der Waals surface area contributed by atoms with Crippen LogP contribution in [0.2, 0.25) is 0 Å². The number of hydrogen-bond donors (Lipinski definition) is 2. The van der Waals surface area contributed by atoms with E-state index in [1.54, 1.807) is 0 Å². The maximum absolute atomic E-state index is 12.7. The second-order valence-corrected chi connectivity index (χ2v) is 6.87. The number of aliphatic carboxylic acids is 1. The normalized spacial score (nSPS) is 14.1. The third-order valence-corrected chi connectivity index (χ3v) is 4.47. The second kappa shape index (κ2) is 6.25. The van der Waals surface area contributed by atoms with E-state index in [9.17, 15) is 26.4 Å². The van der Waals surface area contributed by atoms with Gasteiger partial charge in [0.2, 0.25) is 10.0 Å². The molecule has 0 bridgehead atoms. The monoisotopic (exact) mass is 339 g/mol. The van der Waals surface area contributed by atoms with Crippen molar-refractivity contribution in [2.45, 2.75) is 37.9 Å². The summed E-state index contributed by atoms with van der Waals surface area (Å²) in [6, 6.07) is 0.962. The van der Waals surface area contributed by atoms with E-state index >= 15 is 0 Å². The Hall–Kier alpha value is -1.61. The summed E-state index contributed by atoms with van der Waals surface area (Å²) in [5.74, 6) is -1.88. The minimum atomic E-state index is -4.58. The van der Waals surface area contributed by atoms with Crippen LogP contribution in [-0.2, 0) is 21.0 Å². The number of halogens is 3. The first kappa shape index (κ1) is 18.4. The SMILES string of the molecule is Cc1cc(S(=O)(=O)N[C@H](C(=O)O)C(C)C)ccc1C(F)(F)F. The van der Waals surface area contributed by atoms with Crippen molar-refractivity contribution >= 4 is 16.0 Å². The molecule has 9 heteroatoms. The van der Waals surface area contributed by atoms with Crippen LogP contribution in [0.15, 0.2) is 23.1 Å². The number of benzene rings is 1. The Bertz CT molecular complexity index is 668. The Morgan fingerprint density at radius 1 is 1.27 bits per heavy atom. The highest BCUT2D eigenvalue weighted by Crippen LogP contribution is 2.32. The summed E-state index contributed by atoms with van der Waals surface area (Å²) in [6.45, 7) is 4.16. The first-order valence-electron chi connectivity index (χ1n) is 6.29. The molecule has 0 unspecified atom stereocenters. The first-order chi connectivity index (χ1) is 9.86. The number of nitrogens with one attached hydrogen (secondary N) is 1. The summed E-state index contributed by atoms with van der Waals surface area (Å²) in [5.41, 5.74) is -1.20. The van der Waals surface area contributed by atoms with E-state index in [1.807, 2.05) is 4.72 Å². The molecule has 0 heterocycles. The molecule has 0 aliphatic heterocycles. The van der Waals surface area contributed by atoms with Gasteiger partial charge in [-0.2, -0.15) is 17.9 Å². The molecule has 0 saturated heterocycles. The Morgan fingerprint density at radius 3 is 2.18 bits per heavy atom. The fraction of sp³-hybridized carbons (Fsp3) is 0.462. The molecular weight excluding hydrogens is 323 g/mol. The molecule has 0 saturated carbocycles. The van der Waals surface area contributed by atoms with Crippen LogP contribution in [0.25, 0.3) is 0 Å². The number of carboxylic acids is 1. The van der Waals surface area contributed by atoms with Crippen molar-refractivity contribution in [1.29, 1.82) is 0 Å². The van der Waals surface area contributed by atoms with Gasteiger partial charge < -0.3 is 5.11 Å². The first-order valence-corrected chi connectivity index (χ1v) is 7.77. The predicted molar refractivity (Wildman–Crippen MR) is 72.8 cm³/mol. The lowest BCUT2D eigenvalue weighted by atomic mass is 10.1. The smallest absolute Gasteiger partial charge is 0.416 e. The number of alkyl halides is 3. The van der Waals surface area contributed by atoms with Gasteiger partial charge in [-0.3, -0.25) is 4.79 Å². The number of sulfonamides is 1. The van der Waals surface area contributed by atoms with E-state index in [4.69, 9.17) is 5.11 Å². The molecule has 0 amide bonds. The van der Waals surface area contributed by atoms with Gasteiger partial charge in [0, 0.05) is 0 Å². The van der Waals surface area contributed by atoms with Crippen LogP contribution in [0.1, 0.15) is 25.0 Å². The molecule has 1 atom stereocenters. The highest BCUT2D eigenvalue weighted by Gasteiger charge is 2.33. The van der Waals surface area contributed by atoms with Crippen LogP contribution >= 0.6 is 0 Å². The fourth-order valence-electron chi connectivity index (χ4n) is 1.83. The van der Waals surface area contributed by atoms with Crippen molar-refractivity contribution in [2.24, 2.45) is 5.92 Å². The Morgan fingerprint density at radius 2 is 1.82 bits per heavy atom. The zero-order valence-electron chi connectivity index (χ0n) is 12.1. The van der Waals surface area contributed by atoms with E-state index in [-0.39, 0.29) is 5.56 Å². The Balaban J connectivity index is 3.19. The molecule has 0 fully saturated rings. The number of rotatable bonds is 5. The van der Waals surface area contributed by atoms with Gasteiger partial charge in [-0.05, 0) is 36.6 Å². The molecule has 1 rings (SSSR count). The highest BCUT2D eigenvalue weighted by atomic mass is 32.2. The van der Waals surface area contributed by atoms with Gasteiger partial charge in [-0.15, -0.1) is 0 Å². The maximum Gasteiger partial charge on any atom is 0.416 e. The standard InChI is InChI=1S/C13H16F3NO4S/c1-7(2)11(12(18)19)17-22(20,21)9-4-5-10(8(3)6-9)13(14,15)16/h4-7,11,17H,1-3H3,(H,18,19)/t11-/m0/s1. The largest absolute Gasteiger partial charge is 0.480 e. The van der Waals surface area contributed by atoms with Crippen molar-refractivity contribution in [3.8, 4) is 0 Å². The fourth-order valence-corrected chi connectivity index (χ4v) is 3.25. The van der Waals surface area contributed by atoms with Crippen LogP contribution < -0.4 is 4.72 Å². The van der Waals surface area contributed by atoms with Crippen molar-refractivity contribution < 1.29 is 31.5 Å². The number of hydrogen-bond acceptors (Lipinski definition) is 3.